The number of ether oxygens (including phenoxy) is 1. The predicted octanol–water partition coefficient (Wildman–Crippen LogP) is 9.60. The zero-order valence-corrected chi connectivity index (χ0v) is 33.4. The number of carbonyl (C=O) groups is 4. The molecule has 11 nitrogen and oxygen atoms in total. The molecule has 13 heteroatoms. The molecule has 3 amide bonds. The van der Waals surface area contributed by atoms with Crippen molar-refractivity contribution in [3.8, 4) is 0 Å². The molecular weight excluding hydrogens is 785 g/mol. The molecule has 3 N–H and O–H groups in total. The molecule has 59 heavy (non-hydrogen) atoms. The number of nitro groups is 1. The van der Waals surface area contributed by atoms with Gasteiger partial charge in [-0.1, -0.05) is 84.9 Å². The molecule has 1 aliphatic carbocycles. The van der Waals surface area contributed by atoms with Gasteiger partial charge in [0.15, 0.2) is 0 Å². The van der Waals surface area contributed by atoms with Gasteiger partial charge < -0.3 is 20.7 Å². The fourth-order valence-corrected chi connectivity index (χ4v) is 9.26. The van der Waals surface area contributed by atoms with E-state index in [-0.39, 0.29) is 17.3 Å². The van der Waals surface area contributed by atoms with Crippen molar-refractivity contribution >= 4 is 69.2 Å². The second kappa shape index (κ2) is 18.6. The maximum absolute atomic E-state index is 14.4. The highest BCUT2D eigenvalue weighted by atomic mass is 32.2. The van der Waals surface area contributed by atoms with Crippen molar-refractivity contribution in [1.82, 2.24) is 5.32 Å². The summed E-state index contributed by atoms with van der Waals surface area (Å²) < 4.78 is 5.21. The van der Waals surface area contributed by atoms with Gasteiger partial charge in [-0.2, -0.15) is 0 Å². The van der Waals surface area contributed by atoms with Crippen LogP contribution in [0, 0.1) is 10.1 Å². The Kier molecular flexibility index (Phi) is 12.7. The molecule has 2 unspecified atom stereocenters. The molecule has 1 aliphatic rings. The largest absolute Gasteiger partial charge is 0.465 e. The van der Waals surface area contributed by atoms with E-state index in [1.165, 1.54) is 66.1 Å². The summed E-state index contributed by atoms with van der Waals surface area (Å²) in [6.07, 6.45) is 3.73. The van der Waals surface area contributed by atoms with Crippen molar-refractivity contribution in [1.29, 1.82) is 0 Å². The molecule has 0 bridgehead atoms. The number of benzene rings is 5. The molecule has 0 saturated heterocycles. The van der Waals surface area contributed by atoms with Crippen molar-refractivity contribution in [2.75, 3.05) is 17.7 Å². The summed E-state index contributed by atoms with van der Waals surface area (Å²) in [5, 5.41) is 19.5. The second-order valence-electron chi connectivity index (χ2n) is 13.7. The van der Waals surface area contributed by atoms with Crippen molar-refractivity contribution in [3.05, 3.63) is 194 Å². The number of methoxy groups -OCH3 is 1. The summed E-state index contributed by atoms with van der Waals surface area (Å²) in [7, 11) is 1.34. The van der Waals surface area contributed by atoms with Gasteiger partial charge in [0.25, 0.3) is 17.5 Å². The first-order chi connectivity index (χ1) is 28.7. The van der Waals surface area contributed by atoms with Crippen LogP contribution < -0.4 is 16.0 Å². The number of rotatable bonds is 13. The molecule has 2 atom stereocenters. The van der Waals surface area contributed by atoms with Crippen molar-refractivity contribution in [2.24, 2.45) is 0 Å². The smallest absolute Gasteiger partial charge is 0.341 e. The molecule has 0 radical (unpaired) electrons. The van der Waals surface area contributed by atoms with E-state index in [0.717, 1.165) is 28.8 Å². The number of thioether (sulfide) groups is 1. The van der Waals surface area contributed by atoms with Gasteiger partial charge in [-0.15, -0.1) is 23.1 Å². The first-order valence-electron chi connectivity index (χ1n) is 18.7. The van der Waals surface area contributed by atoms with Gasteiger partial charge in [0.1, 0.15) is 15.9 Å². The summed E-state index contributed by atoms with van der Waals surface area (Å²) in [6, 6.07) is 40.5. The third-order valence-corrected chi connectivity index (χ3v) is 12.2. The molecule has 7 rings (SSSR count). The van der Waals surface area contributed by atoms with Crippen LogP contribution in [0.1, 0.15) is 65.4 Å². The van der Waals surface area contributed by atoms with Crippen molar-refractivity contribution in [3.63, 3.8) is 0 Å². The zero-order valence-electron chi connectivity index (χ0n) is 31.8. The number of amides is 3. The van der Waals surface area contributed by atoms with Crippen LogP contribution in [0.3, 0.4) is 0 Å². The number of anilines is 2. The van der Waals surface area contributed by atoms with Crippen molar-refractivity contribution in [2.45, 2.75) is 35.3 Å². The molecule has 0 aliphatic heterocycles. The quantitative estimate of drug-likeness (QED) is 0.0342. The number of thiophene rings is 1. The number of nitro benzene ring substituents is 1. The number of hydrogen-bond donors (Lipinski definition) is 3. The maximum Gasteiger partial charge on any atom is 0.341 e. The van der Waals surface area contributed by atoms with E-state index in [1.807, 2.05) is 54.6 Å². The van der Waals surface area contributed by atoms with E-state index in [9.17, 15) is 29.3 Å². The van der Waals surface area contributed by atoms with Crippen LogP contribution in [0.4, 0.5) is 16.4 Å². The van der Waals surface area contributed by atoms with E-state index >= 15 is 0 Å². The monoisotopic (exact) mass is 822 g/mol. The van der Waals surface area contributed by atoms with Gasteiger partial charge in [0.2, 0.25) is 5.91 Å². The van der Waals surface area contributed by atoms with E-state index in [4.69, 9.17) is 4.74 Å². The lowest BCUT2D eigenvalue weighted by Crippen LogP contribution is -2.30. The average molecular weight is 823 g/mol. The Morgan fingerprint density at radius 1 is 0.847 bits per heavy atom. The van der Waals surface area contributed by atoms with Gasteiger partial charge in [-0.25, -0.2) is 4.79 Å². The van der Waals surface area contributed by atoms with Gasteiger partial charge in [0, 0.05) is 33.2 Å². The molecule has 1 heterocycles. The normalized spacial score (nSPS) is 14.0. The molecule has 0 saturated carbocycles. The van der Waals surface area contributed by atoms with E-state index in [2.05, 4.69) is 28.1 Å². The number of hydrogen-bond acceptors (Lipinski definition) is 9. The third kappa shape index (κ3) is 9.83. The molecule has 5 aromatic carbocycles. The van der Waals surface area contributed by atoms with Gasteiger partial charge in [0.05, 0.1) is 17.6 Å². The zero-order chi connectivity index (χ0) is 41.3. The molecule has 6 aromatic rings. The van der Waals surface area contributed by atoms with Crippen LogP contribution >= 0.6 is 23.1 Å². The summed E-state index contributed by atoms with van der Waals surface area (Å²) in [5.41, 5.74) is 4.24. The van der Waals surface area contributed by atoms with Crippen LogP contribution in [0.2, 0.25) is 0 Å². The number of non-ortho nitro benzene ring substituents is 1. The number of nitrogens with zero attached hydrogens (tertiary/aromatic N) is 1. The molecule has 1 aromatic heterocycles. The minimum Gasteiger partial charge on any atom is -0.465 e. The summed E-state index contributed by atoms with van der Waals surface area (Å²) >= 11 is 2.68. The van der Waals surface area contributed by atoms with Gasteiger partial charge >= 0.3 is 5.97 Å². The lowest BCUT2D eigenvalue weighted by Gasteiger charge is -2.22. The van der Waals surface area contributed by atoms with Crippen LogP contribution in [0.15, 0.2) is 150 Å². The third-order valence-electron chi connectivity index (χ3n) is 9.79. The molecular formula is C46H38N4O7S2. The van der Waals surface area contributed by atoms with E-state index < -0.39 is 28.0 Å². The fourth-order valence-electron chi connectivity index (χ4n) is 6.86. The summed E-state index contributed by atoms with van der Waals surface area (Å²) in [6.45, 7) is 0. The van der Waals surface area contributed by atoms with Crippen LogP contribution in [0.25, 0.3) is 6.08 Å². The minimum absolute atomic E-state index is 0.0950. The first kappa shape index (κ1) is 40.4. The Morgan fingerprint density at radius 2 is 1.53 bits per heavy atom. The molecule has 296 valence electrons. The SMILES string of the molecule is COC(=O)c1c(NC(=O)C(Sc2cccc(NC(=O)/C(=C\c3ccc([N+](=O)[O-])cc3)NC(=O)c3ccccc3)c2)c2ccccc2)sc2c1CCC(c1ccccc1)C2. The van der Waals surface area contributed by atoms with E-state index in [1.54, 1.807) is 48.5 Å². The minimum atomic E-state index is -0.758. The Labute approximate surface area is 348 Å². The highest BCUT2D eigenvalue weighted by molar-refractivity contribution is 8.00. The highest BCUT2D eigenvalue weighted by Crippen LogP contribution is 2.44. The average Bonchev–Trinajstić information content (AvgIpc) is 3.63. The predicted molar refractivity (Wildman–Crippen MR) is 231 cm³/mol. The Hall–Kier alpha value is -6.83. The summed E-state index contributed by atoms with van der Waals surface area (Å²) in [5.74, 6) is -1.70. The number of fused-ring (bicyclic) bond motifs is 1. The van der Waals surface area contributed by atoms with E-state index in [0.29, 0.717) is 44.6 Å². The Morgan fingerprint density at radius 3 is 2.20 bits per heavy atom. The lowest BCUT2D eigenvalue weighted by molar-refractivity contribution is -0.384. The number of carbonyl (C=O) groups excluding carboxylic acids is 4. The topological polar surface area (TPSA) is 157 Å². The van der Waals surface area contributed by atoms with Crippen LogP contribution in [0.5, 0.6) is 0 Å². The maximum atomic E-state index is 14.4. The van der Waals surface area contributed by atoms with Crippen LogP contribution in [-0.2, 0) is 27.2 Å². The lowest BCUT2D eigenvalue weighted by atomic mass is 9.83. The number of esters is 1. The Bertz CT molecular complexity index is 2530. The fraction of sp³-hybridized carbons (Fsp3) is 0.130. The van der Waals surface area contributed by atoms with Gasteiger partial charge in [-0.3, -0.25) is 24.5 Å². The summed E-state index contributed by atoms with van der Waals surface area (Å²) in [4.78, 5) is 66.9. The molecule has 0 fully saturated rings. The van der Waals surface area contributed by atoms with Gasteiger partial charge in [-0.05, 0) is 96.0 Å². The van der Waals surface area contributed by atoms with Crippen molar-refractivity contribution < 1.29 is 28.8 Å². The first-order valence-corrected chi connectivity index (χ1v) is 20.4. The number of nitrogens with one attached hydrogen (secondary N) is 3. The molecule has 0 spiro atoms. The van der Waals surface area contributed by atoms with Crippen LogP contribution in [-0.4, -0.2) is 35.7 Å². The second-order valence-corrected chi connectivity index (χ2v) is 15.9. The Balaban J connectivity index is 1.13. The highest BCUT2D eigenvalue weighted by Gasteiger charge is 2.32. The standard InChI is InChI=1S/C46H38N4O7S2/c1-57-46(54)40-37-25-22-33(30-12-5-2-6-13-30)27-39(37)59-45(40)49-44(53)41(31-14-7-3-8-15-31)58-36-19-11-18-34(28-36)47-43(52)38(48-42(51)32-16-9-4-10-17-32)26-29-20-23-35(24-21-29)50(55)56/h2-21,23-24,26,28,33,41H,22,25,27H2,1H3,(H,47,52)(H,48,51)(H,49,53)/b38-26+.